The van der Waals surface area contributed by atoms with Crippen LogP contribution < -0.4 is 5.56 Å². The first-order valence-corrected chi connectivity index (χ1v) is 5.61. The summed E-state index contributed by atoms with van der Waals surface area (Å²) in [5.41, 5.74) is 0.557. The van der Waals surface area contributed by atoms with E-state index >= 15 is 0 Å². The van der Waals surface area contributed by atoms with Crippen LogP contribution in [0.5, 0.6) is 0 Å². The van der Waals surface area contributed by atoms with Crippen LogP contribution in [0.4, 0.5) is 0 Å². The van der Waals surface area contributed by atoms with Gasteiger partial charge in [0.2, 0.25) is 0 Å². The van der Waals surface area contributed by atoms with Crippen molar-refractivity contribution in [1.29, 1.82) is 0 Å². The maximum atomic E-state index is 11.2. The molecule has 0 saturated heterocycles. The lowest BCUT2D eigenvalue weighted by Gasteiger charge is -1.94. The highest BCUT2D eigenvalue weighted by Crippen LogP contribution is 2.02. The summed E-state index contributed by atoms with van der Waals surface area (Å²) in [7, 11) is 0. The molecule has 2 rings (SSSR count). The van der Waals surface area contributed by atoms with Crippen LogP contribution in [0.25, 0.3) is 11.0 Å². The first-order valence-electron chi connectivity index (χ1n) is 5.61. The molecule has 0 atom stereocenters. The number of fused-ring (bicyclic) bond motifs is 1. The summed E-state index contributed by atoms with van der Waals surface area (Å²) in [6, 6.07) is 3.10. The summed E-state index contributed by atoms with van der Waals surface area (Å²) in [6.07, 6.45) is 1.89. The molecule has 1 N–H and O–H groups in total. The highest BCUT2D eigenvalue weighted by molar-refractivity contribution is 5.79. The summed E-state index contributed by atoms with van der Waals surface area (Å²) in [4.78, 5) is 31.6. The molecular weight excluding hydrogens is 218 g/mol. The zero-order chi connectivity index (χ0) is 13.3. The van der Waals surface area contributed by atoms with E-state index in [-0.39, 0.29) is 16.8 Å². The highest BCUT2D eigenvalue weighted by atomic mass is 16.1. The van der Waals surface area contributed by atoms with Gasteiger partial charge in [0, 0.05) is 0 Å². The summed E-state index contributed by atoms with van der Waals surface area (Å²) in [5, 5.41) is 0. The van der Waals surface area contributed by atoms with Gasteiger partial charge in [0.15, 0.2) is 11.8 Å². The number of pyridine rings is 1. The lowest BCUT2D eigenvalue weighted by molar-refractivity contribution is 0.111. The number of rotatable bonds is 1. The fourth-order valence-corrected chi connectivity index (χ4v) is 1.03. The molecule has 0 saturated carbocycles. The summed E-state index contributed by atoms with van der Waals surface area (Å²) in [5.74, 6) is 0. The number of hydrogen-bond donors (Lipinski definition) is 1. The normalized spacial score (nSPS) is 8.47. The lowest BCUT2D eigenvalue weighted by Crippen LogP contribution is -2.08. The number of aldehydes is 1. The Morgan fingerprint density at radius 1 is 1.18 bits per heavy atom. The molecule has 0 aliphatic rings. The third-order valence-electron chi connectivity index (χ3n) is 1.63. The van der Waals surface area contributed by atoms with Gasteiger partial charge in [-0.25, -0.2) is 9.97 Å². The number of carbonyl (C=O) groups excluding carboxylic acids is 1. The number of hydrogen-bond acceptors (Lipinski definition) is 4. The number of aromatic amines is 1. The predicted molar refractivity (Wildman–Crippen MR) is 68.2 cm³/mol. The van der Waals surface area contributed by atoms with Crippen molar-refractivity contribution < 1.29 is 4.79 Å². The smallest absolute Gasteiger partial charge is 0.277 e. The van der Waals surface area contributed by atoms with Crippen LogP contribution in [-0.4, -0.2) is 21.2 Å². The van der Waals surface area contributed by atoms with Gasteiger partial charge in [0.05, 0.1) is 11.8 Å². The lowest BCUT2D eigenvalue weighted by atomic mass is 10.3. The molecule has 0 unspecified atom stereocenters. The molecule has 0 amide bonds. The Bertz CT molecular complexity index is 520. The van der Waals surface area contributed by atoms with Gasteiger partial charge in [-0.3, -0.25) is 9.59 Å². The topological polar surface area (TPSA) is 75.7 Å². The zero-order valence-corrected chi connectivity index (χ0v) is 10.5. The molecule has 0 aliphatic heterocycles. The highest BCUT2D eigenvalue weighted by Gasteiger charge is 2.01. The molecule has 5 nitrogen and oxygen atoms in total. The Labute approximate surface area is 99.9 Å². The number of H-pyrrole nitrogens is 1. The summed E-state index contributed by atoms with van der Waals surface area (Å²) < 4.78 is 0. The minimum atomic E-state index is -0.339. The van der Waals surface area contributed by atoms with Gasteiger partial charge in [0.25, 0.3) is 5.56 Å². The number of aromatic nitrogens is 3. The van der Waals surface area contributed by atoms with E-state index in [4.69, 9.17) is 0 Å². The van der Waals surface area contributed by atoms with Gasteiger partial charge in [-0.2, -0.15) is 0 Å². The molecular formula is C12H17N3O2. The average Bonchev–Trinajstić information content (AvgIpc) is 2.43. The quantitative estimate of drug-likeness (QED) is 0.769. The molecule has 0 spiro atoms. The van der Waals surface area contributed by atoms with E-state index in [1.54, 1.807) is 6.07 Å². The maximum Gasteiger partial charge on any atom is 0.277 e. The first-order chi connectivity index (χ1) is 8.31. The SMILES string of the molecule is CC.CC.O=Cc1ccc2nc[nH]c(=O)c2n1. The van der Waals surface area contributed by atoms with Crippen LogP contribution >= 0.6 is 0 Å². The van der Waals surface area contributed by atoms with E-state index in [0.717, 1.165) is 0 Å². The van der Waals surface area contributed by atoms with Crippen molar-refractivity contribution >= 4 is 17.3 Å². The second-order valence-corrected chi connectivity index (χ2v) is 2.45. The second kappa shape index (κ2) is 8.15. The average molecular weight is 235 g/mol. The molecule has 2 aromatic rings. The zero-order valence-electron chi connectivity index (χ0n) is 10.5. The third kappa shape index (κ3) is 3.79. The number of nitrogens with zero attached hydrogens (tertiary/aromatic N) is 2. The molecule has 17 heavy (non-hydrogen) atoms. The van der Waals surface area contributed by atoms with Gasteiger partial charge in [0.1, 0.15) is 5.69 Å². The predicted octanol–water partition coefficient (Wildman–Crippen LogP) is 2.18. The Kier molecular flexibility index (Phi) is 7.17. The monoisotopic (exact) mass is 235 g/mol. The standard InChI is InChI=1S/C8H5N3O2.2C2H6/c12-3-5-1-2-6-7(11-5)8(13)10-4-9-6;2*1-2/h1-4H,(H,9,10,13);2*1-2H3. The molecule has 92 valence electrons. The molecule has 2 aromatic heterocycles. The fourth-order valence-electron chi connectivity index (χ4n) is 1.03. The Morgan fingerprint density at radius 3 is 2.41 bits per heavy atom. The van der Waals surface area contributed by atoms with E-state index in [1.165, 1.54) is 12.4 Å². The molecule has 0 fully saturated rings. The van der Waals surface area contributed by atoms with Crippen LogP contribution in [0, 0.1) is 0 Å². The van der Waals surface area contributed by atoms with Gasteiger partial charge < -0.3 is 4.98 Å². The Hall–Kier alpha value is -2.04. The fraction of sp³-hybridized carbons (Fsp3) is 0.333. The van der Waals surface area contributed by atoms with E-state index in [2.05, 4.69) is 15.0 Å². The van der Waals surface area contributed by atoms with E-state index < -0.39 is 0 Å². The van der Waals surface area contributed by atoms with Crippen molar-refractivity contribution in [3.05, 3.63) is 34.5 Å². The van der Waals surface area contributed by atoms with Crippen LogP contribution in [0.3, 0.4) is 0 Å². The van der Waals surface area contributed by atoms with Crippen LogP contribution in [0.1, 0.15) is 38.2 Å². The Morgan fingerprint density at radius 2 is 1.82 bits per heavy atom. The maximum absolute atomic E-state index is 11.2. The van der Waals surface area contributed by atoms with Gasteiger partial charge in [-0.1, -0.05) is 27.7 Å². The Balaban J connectivity index is 0.000000581. The number of carbonyl (C=O) groups is 1. The van der Waals surface area contributed by atoms with Crippen LogP contribution in [0.15, 0.2) is 23.3 Å². The van der Waals surface area contributed by atoms with Crippen molar-refractivity contribution in [3.63, 3.8) is 0 Å². The van der Waals surface area contributed by atoms with E-state index in [1.807, 2.05) is 27.7 Å². The number of nitrogens with one attached hydrogen (secondary N) is 1. The molecule has 2 heterocycles. The minimum Gasteiger partial charge on any atom is -0.311 e. The van der Waals surface area contributed by atoms with Crippen LogP contribution in [0.2, 0.25) is 0 Å². The van der Waals surface area contributed by atoms with Gasteiger partial charge in [-0.15, -0.1) is 0 Å². The molecule has 0 aromatic carbocycles. The van der Waals surface area contributed by atoms with Gasteiger partial charge >= 0.3 is 0 Å². The van der Waals surface area contributed by atoms with E-state index in [0.29, 0.717) is 11.8 Å². The first kappa shape index (κ1) is 15.0. The molecule has 0 radical (unpaired) electrons. The molecule has 5 heteroatoms. The molecule has 0 aliphatic carbocycles. The summed E-state index contributed by atoms with van der Waals surface area (Å²) >= 11 is 0. The largest absolute Gasteiger partial charge is 0.311 e. The van der Waals surface area contributed by atoms with Crippen molar-refractivity contribution in [2.75, 3.05) is 0 Å². The third-order valence-corrected chi connectivity index (χ3v) is 1.63. The van der Waals surface area contributed by atoms with Gasteiger partial charge in [-0.05, 0) is 12.1 Å². The van der Waals surface area contributed by atoms with Crippen molar-refractivity contribution in [1.82, 2.24) is 15.0 Å². The molecule has 0 bridgehead atoms. The van der Waals surface area contributed by atoms with Crippen molar-refractivity contribution in [3.8, 4) is 0 Å². The second-order valence-electron chi connectivity index (χ2n) is 2.45. The van der Waals surface area contributed by atoms with Crippen molar-refractivity contribution in [2.24, 2.45) is 0 Å². The van der Waals surface area contributed by atoms with Crippen LogP contribution in [-0.2, 0) is 0 Å². The summed E-state index contributed by atoms with van der Waals surface area (Å²) in [6.45, 7) is 8.00. The van der Waals surface area contributed by atoms with Crippen molar-refractivity contribution in [2.45, 2.75) is 27.7 Å². The minimum absolute atomic E-state index is 0.187. The van der Waals surface area contributed by atoms with E-state index in [9.17, 15) is 9.59 Å².